The second kappa shape index (κ2) is 4.36. The van der Waals surface area contributed by atoms with E-state index in [9.17, 15) is 0 Å². The quantitative estimate of drug-likeness (QED) is 0.769. The zero-order chi connectivity index (χ0) is 10.9. The molecule has 0 N–H and O–H groups in total. The normalized spacial score (nSPS) is 31.0. The third kappa shape index (κ3) is 2.03. The van der Waals surface area contributed by atoms with Crippen molar-refractivity contribution in [2.24, 2.45) is 5.41 Å². The Morgan fingerprint density at radius 2 is 2.47 bits per heavy atom. The van der Waals surface area contributed by atoms with Crippen molar-refractivity contribution < 1.29 is 4.74 Å². The Balaban J connectivity index is 2.18. The molecule has 5 heteroatoms. The van der Waals surface area contributed by atoms with Crippen LogP contribution < -0.4 is 0 Å². The molecule has 0 spiro atoms. The van der Waals surface area contributed by atoms with E-state index in [-0.39, 0.29) is 11.5 Å². The van der Waals surface area contributed by atoms with E-state index in [1.807, 2.05) is 6.92 Å². The van der Waals surface area contributed by atoms with Gasteiger partial charge in [-0.15, -0.1) is 16.7 Å². The van der Waals surface area contributed by atoms with Gasteiger partial charge in [0.2, 0.25) is 0 Å². The smallest absolute Gasteiger partial charge is 0.0756 e. The highest BCUT2D eigenvalue weighted by Crippen LogP contribution is 2.40. The SMILES string of the molecule is Cc1nnsc1CC1(CCl)CCOC1C. The number of rotatable bonds is 3. The average Bonchev–Trinajstić information content (AvgIpc) is 2.77. The molecule has 0 radical (unpaired) electrons. The highest BCUT2D eigenvalue weighted by atomic mass is 35.5. The molecule has 2 rings (SSSR count). The van der Waals surface area contributed by atoms with Crippen molar-refractivity contribution in [3.63, 3.8) is 0 Å². The lowest BCUT2D eigenvalue weighted by Crippen LogP contribution is -2.33. The van der Waals surface area contributed by atoms with E-state index in [0.29, 0.717) is 5.88 Å². The van der Waals surface area contributed by atoms with Crippen LogP contribution in [0, 0.1) is 12.3 Å². The summed E-state index contributed by atoms with van der Waals surface area (Å²) in [5.41, 5.74) is 1.11. The fraction of sp³-hybridized carbons (Fsp3) is 0.800. The molecule has 84 valence electrons. The van der Waals surface area contributed by atoms with Gasteiger partial charge in [-0.1, -0.05) is 4.49 Å². The van der Waals surface area contributed by atoms with Crippen LogP contribution in [0.15, 0.2) is 0 Å². The number of hydrogen-bond acceptors (Lipinski definition) is 4. The van der Waals surface area contributed by atoms with E-state index in [1.165, 1.54) is 16.4 Å². The summed E-state index contributed by atoms with van der Waals surface area (Å²) < 4.78 is 9.59. The minimum Gasteiger partial charge on any atom is -0.378 e. The highest BCUT2D eigenvalue weighted by molar-refractivity contribution is 7.05. The number of aromatic nitrogens is 2. The van der Waals surface area contributed by atoms with Gasteiger partial charge in [0.25, 0.3) is 0 Å². The standard InChI is InChI=1S/C10H15ClN2OS/c1-7-9(15-13-12-7)5-10(6-11)3-4-14-8(10)2/h8H,3-6H2,1-2H3. The van der Waals surface area contributed by atoms with Crippen molar-refractivity contribution in [3.8, 4) is 0 Å². The summed E-state index contributed by atoms with van der Waals surface area (Å²) in [6.07, 6.45) is 2.22. The first-order valence-electron chi connectivity index (χ1n) is 5.13. The van der Waals surface area contributed by atoms with E-state index in [2.05, 4.69) is 16.5 Å². The molecular weight excluding hydrogens is 232 g/mol. The summed E-state index contributed by atoms with van der Waals surface area (Å²) in [5.74, 6) is 0.644. The van der Waals surface area contributed by atoms with Gasteiger partial charge in [-0.3, -0.25) is 0 Å². The van der Waals surface area contributed by atoms with Gasteiger partial charge in [-0.25, -0.2) is 0 Å². The van der Waals surface area contributed by atoms with Crippen molar-refractivity contribution in [1.29, 1.82) is 0 Å². The van der Waals surface area contributed by atoms with Crippen LogP contribution in [0.4, 0.5) is 0 Å². The van der Waals surface area contributed by atoms with Gasteiger partial charge in [-0.05, 0) is 38.2 Å². The van der Waals surface area contributed by atoms with Crippen molar-refractivity contribution in [3.05, 3.63) is 10.6 Å². The van der Waals surface area contributed by atoms with E-state index in [1.54, 1.807) is 0 Å². The maximum Gasteiger partial charge on any atom is 0.0756 e. The van der Waals surface area contributed by atoms with Crippen LogP contribution >= 0.6 is 23.1 Å². The number of aryl methyl sites for hydroxylation is 1. The molecule has 1 aromatic heterocycles. The first-order valence-corrected chi connectivity index (χ1v) is 6.44. The summed E-state index contributed by atoms with van der Waals surface area (Å²) in [6, 6.07) is 0. The lowest BCUT2D eigenvalue weighted by molar-refractivity contribution is 0.0738. The van der Waals surface area contributed by atoms with Gasteiger partial charge in [0.05, 0.1) is 11.8 Å². The molecule has 0 aromatic carbocycles. The highest BCUT2D eigenvalue weighted by Gasteiger charge is 2.41. The van der Waals surface area contributed by atoms with Crippen LogP contribution in [0.3, 0.4) is 0 Å². The summed E-state index contributed by atoms with van der Waals surface area (Å²) in [6.45, 7) is 4.93. The van der Waals surface area contributed by atoms with Crippen molar-refractivity contribution >= 4 is 23.1 Å². The van der Waals surface area contributed by atoms with Crippen LogP contribution in [-0.4, -0.2) is 28.2 Å². The molecule has 1 aliphatic rings. The van der Waals surface area contributed by atoms with Crippen molar-refractivity contribution in [1.82, 2.24) is 9.59 Å². The van der Waals surface area contributed by atoms with E-state index >= 15 is 0 Å². The largest absolute Gasteiger partial charge is 0.378 e. The van der Waals surface area contributed by atoms with Gasteiger partial charge < -0.3 is 4.74 Å². The lowest BCUT2D eigenvalue weighted by atomic mass is 9.80. The molecule has 1 aliphatic heterocycles. The third-order valence-corrected chi connectivity index (χ3v) is 4.71. The fourth-order valence-corrected chi connectivity index (χ4v) is 3.24. The minimum absolute atomic E-state index is 0.0839. The van der Waals surface area contributed by atoms with Gasteiger partial charge >= 0.3 is 0 Å². The molecule has 0 amide bonds. The number of alkyl halides is 1. The molecule has 2 atom stereocenters. The van der Waals surface area contributed by atoms with Crippen LogP contribution in [0.2, 0.25) is 0 Å². The molecule has 1 saturated heterocycles. The summed E-state index contributed by atoms with van der Waals surface area (Å²) in [5, 5.41) is 4.03. The first kappa shape index (κ1) is 11.3. The molecule has 15 heavy (non-hydrogen) atoms. The van der Waals surface area contributed by atoms with Gasteiger partial charge in [0.15, 0.2) is 0 Å². The second-order valence-electron chi connectivity index (χ2n) is 4.22. The lowest BCUT2D eigenvalue weighted by Gasteiger charge is -2.29. The maximum absolute atomic E-state index is 6.11. The minimum atomic E-state index is 0.0839. The van der Waals surface area contributed by atoms with Crippen molar-refractivity contribution in [2.45, 2.75) is 32.8 Å². The number of ether oxygens (including phenoxy) is 1. The number of hydrogen-bond donors (Lipinski definition) is 0. The van der Waals surface area contributed by atoms with E-state index in [0.717, 1.165) is 25.1 Å². The Bertz CT molecular complexity index is 344. The predicted molar refractivity (Wildman–Crippen MR) is 61.5 cm³/mol. The molecule has 2 unspecified atom stereocenters. The first-order chi connectivity index (χ1) is 7.18. The van der Waals surface area contributed by atoms with Crippen LogP contribution in [0.5, 0.6) is 0 Å². The monoisotopic (exact) mass is 246 g/mol. The molecule has 0 bridgehead atoms. The maximum atomic E-state index is 6.11. The van der Waals surface area contributed by atoms with E-state index in [4.69, 9.17) is 16.3 Å². The summed E-state index contributed by atoms with van der Waals surface area (Å²) in [4.78, 5) is 1.24. The zero-order valence-corrected chi connectivity index (χ0v) is 10.6. The Morgan fingerprint density at radius 1 is 1.67 bits per heavy atom. The van der Waals surface area contributed by atoms with Crippen LogP contribution in [0.1, 0.15) is 23.9 Å². The summed E-state index contributed by atoms with van der Waals surface area (Å²) in [7, 11) is 0. The fourth-order valence-electron chi connectivity index (χ4n) is 2.01. The molecule has 0 aliphatic carbocycles. The third-order valence-electron chi connectivity index (χ3n) is 3.35. The number of halogens is 1. The Hall–Kier alpha value is -0.190. The van der Waals surface area contributed by atoms with Crippen molar-refractivity contribution in [2.75, 3.05) is 12.5 Å². The molecule has 3 nitrogen and oxygen atoms in total. The topological polar surface area (TPSA) is 35.0 Å². The number of nitrogens with zero attached hydrogens (tertiary/aromatic N) is 2. The van der Waals surface area contributed by atoms with Gasteiger partial charge in [0, 0.05) is 22.8 Å². The second-order valence-corrected chi connectivity index (χ2v) is 5.32. The van der Waals surface area contributed by atoms with Crippen LogP contribution in [0.25, 0.3) is 0 Å². The molecule has 1 fully saturated rings. The van der Waals surface area contributed by atoms with Gasteiger partial charge in [-0.2, -0.15) is 0 Å². The molecule has 1 aromatic rings. The molecule has 2 heterocycles. The van der Waals surface area contributed by atoms with E-state index < -0.39 is 0 Å². The summed E-state index contributed by atoms with van der Waals surface area (Å²) >= 11 is 7.59. The molecular formula is C10H15ClN2OS. The zero-order valence-electron chi connectivity index (χ0n) is 8.99. The Labute approximate surface area is 99.0 Å². The molecule has 0 saturated carbocycles. The Morgan fingerprint density at radius 3 is 2.93 bits per heavy atom. The van der Waals surface area contributed by atoms with Gasteiger partial charge in [0.1, 0.15) is 0 Å². The van der Waals surface area contributed by atoms with Crippen LogP contribution in [-0.2, 0) is 11.2 Å². The average molecular weight is 247 g/mol. The Kier molecular flexibility index (Phi) is 3.28. The predicted octanol–water partition coefficient (Wildman–Crippen LogP) is 2.42.